The minimum absolute atomic E-state index is 0.147. The fourth-order valence-electron chi connectivity index (χ4n) is 1.000. The zero-order valence-electron chi connectivity index (χ0n) is 7.77. The molecule has 5 nitrogen and oxygen atoms in total. The molecule has 7 heteroatoms. The van der Waals surface area contributed by atoms with Gasteiger partial charge in [-0.2, -0.15) is 0 Å². The molecule has 0 saturated heterocycles. The van der Waals surface area contributed by atoms with Gasteiger partial charge >= 0.3 is 5.97 Å². The molecule has 0 aliphatic carbocycles. The molecule has 0 aliphatic rings. The van der Waals surface area contributed by atoms with Crippen LogP contribution in [0.4, 0.5) is 0 Å². The maximum Gasteiger partial charge on any atom is 0.307 e. The van der Waals surface area contributed by atoms with Crippen molar-refractivity contribution in [1.82, 2.24) is 4.98 Å². The lowest BCUT2D eigenvalue weighted by Crippen LogP contribution is -2.05. The Hall–Kier alpha value is -1.14. The normalized spacial score (nSPS) is 11.3. The van der Waals surface area contributed by atoms with Gasteiger partial charge in [0.25, 0.3) is 0 Å². The highest BCUT2D eigenvalue weighted by molar-refractivity contribution is 7.90. The molecule has 0 amide bonds. The molecular weight excluding hydrogens is 242 g/mol. The summed E-state index contributed by atoms with van der Waals surface area (Å²) in [5, 5.41) is 8.37. The number of halogens is 1. The first-order valence-electron chi connectivity index (χ1n) is 3.87. The van der Waals surface area contributed by atoms with Crippen LogP contribution in [0.1, 0.15) is 5.56 Å². The number of hydrogen-bond acceptors (Lipinski definition) is 4. The molecule has 1 heterocycles. The molecular formula is C8H8ClNO4S. The van der Waals surface area contributed by atoms with Crippen molar-refractivity contribution >= 4 is 27.4 Å². The third-order valence-electron chi connectivity index (χ3n) is 1.62. The van der Waals surface area contributed by atoms with Gasteiger partial charge in [0.15, 0.2) is 9.84 Å². The van der Waals surface area contributed by atoms with Crippen LogP contribution in [0.15, 0.2) is 17.2 Å². The van der Waals surface area contributed by atoms with Crippen LogP contribution in [0.3, 0.4) is 0 Å². The Balaban J connectivity index is 3.23. The van der Waals surface area contributed by atoms with Crippen molar-refractivity contribution in [3.8, 4) is 0 Å². The lowest BCUT2D eigenvalue weighted by molar-refractivity contribution is -0.136. The average Bonchev–Trinajstić information content (AvgIpc) is 2.05. The number of carbonyl (C=O) groups is 1. The molecule has 0 radical (unpaired) electrons. The summed E-state index contributed by atoms with van der Waals surface area (Å²) in [6.07, 6.45) is 1.94. The molecule has 15 heavy (non-hydrogen) atoms. The van der Waals surface area contributed by atoms with Crippen LogP contribution in [0.5, 0.6) is 0 Å². The van der Waals surface area contributed by atoms with Gasteiger partial charge in [0, 0.05) is 12.5 Å². The Kier molecular flexibility index (Phi) is 3.31. The smallest absolute Gasteiger partial charge is 0.307 e. The molecule has 1 aromatic rings. The molecule has 1 aromatic heterocycles. The zero-order chi connectivity index (χ0) is 11.6. The number of pyridine rings is 1. The number of nitrogens with zero attached hydrogens (tertiary/aromatic N) is 1. The molecule has 0 aromatic carbocycles. The first kappa shape index (κ1) is 11.9. The molecule has 0 aliphatic heterocycles. The summed E-state index contributed by atoms with van der Waals surface area (Å²) in [5.41, 5.74) is 0.298. The van der Waals surface area contributed by atoms with E-state index in [4.69, 9.17) is 16.7 Å². The summed E-state index contributed by atoms with van der Waals surface area (Å²) in [5.74, 6) is -1.06. The molecule has 1 rings (SSSR count). The van der Waals surface area contributed by atoms with Crippen LogP contribution in [-0.2, 0) is 21.1 Å². The molecule has 0 atom stereocenters. The number of aliphatic carboxylic acids is 1. The number of carboxylic acid groups (broad SMARTS) is 1. The lowest BCUT2D eigenvalue weighted by atomic mass is 10.2. The fourth-order valence-corrected chi connectivity index (χ4v) is 2.25. The summed E-state index contributed by atoms with van der Waals surface area (Å²) in [6.45, 7) is 0. The zero-order valence-corrected chi connectivity index (χ0v) is 9.34. The largest absolute Gasteiger partial charge is 0.481 e. The van der Waals surface area contributed by atoms with Crippen LogP contribution < -0.4 is 0 Å². The van der Waals surface area contributed by atoms with Crippen molar-refractivity contribution in [3.63, 3.8) is 0 Å². The second-order valence-electron chi connectivity index (χ2n) is 2.98. The summed E-state index contributed by atoms with van der Waals surface area (Å²) in [4.78, 5) is 13.9. The van der Waals surface area contributed by atoms with E-state index in [9.17, 15) is 13.2 Å². The van der Waals surface area contributed by atoms with Gasteiger partial charge in [-0.3, -0.25) is 4.79 Å². The Morgan fingerprint density at radius 1 is 1.60 bits per heavy atom. The van der Waals surface area contributed by atoms with E-state index >= 15 is 0 Å². The van der Waals surface area contributed by atoms with Crippen molar-refractivity contribution in [2.24, 2.45) is 0 Å². The van der Waals surface area contributed by atoms with Crippen LogP contribution in [0, 0.1) is 0 Å². The van der Waals surface area contributed by atoms with E-state index in [1.54, 1.807) is 0 Å². The van der Waals surface area contributed by atoms with Crippen LogP contribution in [-0.4, -0.2) is 30.7 Å². The summed E-state index contributed by atoms with van der Waals surface area (Å²) in [6, 6.07) is 1.22. The van der Waals surface area contributed by atoms with E-state index in [2.05, 4.69) is 4.98 Å². The van der Waals surface area contributed by atoms with Gasteiger partial charge in [-0.05, 0) is 11.6 Å². The van der Waals surface area contributed by atoms with Crippen LogP contribution in [0.2, 0.25) is 5.15 Å². The topological polar surface area (TPSA) is 84.3 Å². The molecule has 0 unspecified atom stereocenters. The minimum Gasteiger partial charge on any atom is -0.481 e. The predicted octanol–water partition coefficient (Wildman–Crippen LogP) is 0.766. The molecule has 0 spiro atoms. The van der Waals surface area contributed by atoms with E-state index in [0.29, 0.717) is 5.56 Å². The molecule has 0 saturated carbocycles. The quantitative estimate of drug-likeness (QED) is 0.800. The van der Waals surface area contributed by atoms with Crippen molar-refractivity contribution in [2.45, 2.75) is 11.3 Å². The third kappa shape index (κ3) is 3.17. The van der Waals surface area contributed by atoms with Crippen LogP contribution in [0.25, 0.3) is 0 Å². The minimum atomic E-state index is -3.48. The van der Waals surface area contributed by atoms with Gasteiger partial charge in [0.05, 0.1) is 6.42 Å². The van der Waals surface area contributed by atoms with Gasteiger partial charge in [0.2, 0.25) is 0 Å². The van der Waals surface area contributed by atoms with E-state index in [-0.39, 0.29) is 16.5 Å². The highest BCUT2D eigenvalue weighted by atomic mass is 35.5. The van der Waals surface area contributed by atoms with Crippen molar-refractivity contribution in [2.75, 3.05) is 6.26 Å². The molecule has 1 N–H and O–H groups in total. The monoisotopic (exact) mass is 249 g/mol. The van der Waals surface area contributed by atoms with Gasteiger partial charge in [-0.1, -0.05) is 11.6 Å². The average molecular weight is 250 g/mol. The van der Waals surface area contributed by atoms with Gasteiger partial charge < -0.3 is 5.11 Å². The Bertz CT molecular complexity index is 497. The predicted molar refractivity (Wildman–Crippen MR) is 53.7 cm³/mol. The SMILES string of the molecule is CS(=O)(=O)c1cc(CC(=O)O)cnc1Cl. The lowest BCUT2D eigenvalue weighted by Gasteiger charge is -2.03. The standard InChI is InChI=1S/C8H8ClNO4S/c1-15(13,14)6-2-5(3-7(11)12)4-10-8(6)9/h2,4H,3H2,1H3,(H,11,12). The third-order valence-corrected chi connectivity index (χ3v) is 3.14. The summed E-state index contributed by atoms with van der Waals surface area (Å²) < 4.78 is 22.4. The molecule has 0 fully saturated rings. The van der Waals surface area contributed by atoms with Gasteiger partial charge in [0.1, 0.15) is 10.0 Å². The second-order valence-corrected chi connectivity index (χ2v) is 5.32. The second kappa shape index (κ2) is 4.16. The van der Waals surface area contributed by atoms with E-state index < -0.39 is 15.8 Å². The molecule has 82 valence electrons. The number of rotatable bonds is 3. The number of carboxylic acids is 1. The van der Waals surface area contributed by atoms with E-state index in [1.165, 1.54) is 12.3 Å². The molecule has 0 bridgehead atoms. The summed E-state index contributed by atoms with van der Waals surface area (Å²) >= 11 is 5.58. The first-order valence-corrected chi connectivity index (χ1v) is 6.14. The summed E-state index contributed by atoms with van der Waals surface area (Å²) in [7, 11) is -3.48. The number of hydrogen-bond donors (Lipinski definition) is 1. The highest BCUT2D eigenvalue weighted by Crippen LogP contribution is 2.19. The van der Waals surface area contributed by atoms with Crippen molar-refractivity contribution in [1.29, 1.82) is 0 Å². The first-order chi connectivity index (χ1) is 6.80. The van der Waals surface area contributed by atoms with Crippen LogP contribution >= 0.6 is 11.6 Å². The Morgan fingerprint density at radius 2 is 2.20 bits per heavy atom. The number of aromatic nitrogens is 1. The van der Waals surface area contributed by atoms with Crippen molar-refractivity contribution in [3.05, 3.63) is 23.0 Å². The maximum absolute atomic E-state index is 11.2. The Morgan fingerprint density at radius 3 is 2.67 bits per heavy atom. The fraction of sp³-hybridized carbons (Fsp3) is 0.250. The highest BCUT2D eigenvalue weighted by Gasteiger charge is 2.14. The Labute approximate surface area is 91.6 Å². The maximum atomic E-state index is 11.2. The van der Waals surface area contributed by atoms with Gasteiger partial charge in [-0.25, -0.2) is 13.4 Å². The van der Waals surface area contributed by atoms with Gasteiger partial charge in [-0.15, -0.1) is 0 Å². The van der Waals surface area contributed by atoms with Crippen molar-refractivity contribution < 1.29 is 18.3 Å². The van der Waals surface area contributed by atoms with E-state index in [0.717, 1.165) is 6.26 Å². The number of sulfone groups is 1. The van der Waals surface area contributed by atoms with E-state index in [1.807, 2.05) is 0 Å².